The predicted molar refractivity (Wildman–Crippen MR) is 79.6 cm³/mol. The predicted octanol–water partition coefficient (Wildman–Crippen LogP) is 2.23. The van der Waals surface area contributed by atoms with Gasteiger partial charge in [0, 0.05) is 19.5 Å². The third-order valence-electron chi connectivity index (χ3n) is 3.30. The minimum Gasteiger partial charge on any atom is -0.497 e. The maximum absolute atomic E-state index is 12.0. The summed E-state index contributed by atoms with van der Waals surface area (Å²) in [5, 5.41) is 0. The molecule has 2 N–H and O–H groups in total. The minimum atomic E-state index is -0.143. The molecular formula is C14H23ClN2O2. The second kappa shape index (κ2) is 8.02. The smallest absolute Gasteiger partial charge is 0.226 e. The summed E-state index contributed by atoms with van der Waals surface area (Å²) in [5.74, 6) is 0.742. The maximum atomic E-state index is 12.0. The number of methoxy groups -OCH3 is 1. The lowest BCUT2D eigenvalue weighted by atomic mass is 10.0. The molecule has 2 atom stereocenters. The Kier molecular flexibility index (Phi) is 7.49. The van der Waals surface area contributed by atoms with Crippen molar-refractivity contribution in [1.82, 2.24) is 4.90 Å². The van der Waals surface area contributed by atoms with E-state index in [-0.39, 0.29) is 30.3 Å². The second-order valence-corrected chi connectivity index (χ2v) is 4.54. The van der Waals surface area contributed by atoms with Crippen LogP contribution in [0.2, 0.25) is 0 Å². The number of carbonyl (C=O) groups excluding carboxylic acids is 1. The lowest BCUT2D eigenvalue weighted by molar-refractivity contribution is -0.135. The van der Waals surface area contributed by atoms with Gasteiger partial charge in [0.2, 0.25) is 5.91 Å². The van der Waals surface area contributed by atoms with Crippen LogP contribution >= 0.6 is 12.4 Å². The van der Waals surface area contributed by atoms with Gasteiger partial charge in [0.25, 0.3) is 0 Å². The first-order valence-corrected chi connectivity index (χ1v) is 6.12. The first-order chi connectivity index (χ1) is 8.51. The van der Waals surface area contributed by atoms with Gasteiger partial charge in [-0.3, -0.25) is 4.79 Å². The van der Waals surface area contributed by atoms with Crippen LogP contribution in [0.15, 0.2) is 24.3 Å². The molecule has 4 nitrogen and oxygen atoms in total. The Labute approximate surface area is 121 Å². The lowest BCUT2D eigenvalue weighted by Gasteiger charge is -2.27. The van der Waals surface area contributed by atoms with Gasteiger partial charge in [0.15, 0.2) is 0 Å². The highest BCUT2D eigenvalue weighted by Gasteiger charge is 2.21. The molecule has 1 aromatic rings. The molecule has 2 unspecified atom stereocenters. The van der Waals surface area contributed by atoms with Crippen molar-refractivity contribution in [1.29, 1.82) is 0 Å². The molecule has 1 rings (SSSR count). The summed E-state index contributed by atoms with van der Waals surface area (Å²) in [5.41, 5.74) is 6.60. The fraction of sp³-hybridized carbons (Fsp3) is 0.500. The molecular weight excluding hydrogens is 264 g/mol. The standard InChI is InChI=1S/C14H22N2O2.ClH/c1-10(9-15)14(17)16(3)11(2)12-5-7-13(18-4)8-6-12;/h5-8,10-11H,9,15H2,1-4H3;1H. The largest absolute Gasteiger partial charge is 0.497 e. The molecule has 0 aliphatic heterocycles. The van der Waals surface area contributed by atoms with E-state index in [9.17, 15) is 4.79 Å². The number of nitrogens with zero attached hydrogens (tertiary/aromatic N) is 1. The van der Waals surface area contributed by atoms with Crippen molar-refractivity contribution < 1.29 is 9.53 Å². The zero-order chi connectivity index (χ0) is 13.7. The molecule has 0 spiro atoms. The Balaban J connectivity index is 0.00000324. The van der Waals surface area contributed by atoms with E-state index in [1.54, 1.807) is 12.0 Å². The highest BCUT2D eigenvalue weighted by molar-refractivity contribution is 5.85. The first kappa shape index (κ1) is 17.7. The number of hydrogen-bond acceptors (Lipinski definition) is 3. The Morgan fingerprint density at radius 2 is 1.84 bits per heavy atom. The fourth-order valence-corrected chi connectivity index (χ4v) is 1.75. The Morgan fingerprint density at radius 1 is 1.32 bits per heavy atom. The summed E-state index contributed by atoms with van der Waals surface area (Å²) in [7, 11) is 3.44. The van der Waals surface area contributed by atoms with Crippen molar-refractivity contribution in [3.63, 3.8) is 0 Å². The highest BCUT2D eigenvalue weighted by atomic mass is 35.5. The number of amides is 1. The average molecular weight is 287 g/mol. The summed E-state index contributed by atoms with van der Waals surface area (Å²) >= 11 is 0. The Morgan fingerprint density at radius 3 is 2.26 bits per heavy atom. The number of nitrogens with two attached hydrogens (primary N) is 1. The van der Waals surface area contributed by atoms with Crippen LogP contribution in [0.25, 0.3) is 0 Å². The lowest BCUT2D eigenvalue weighted by Crippen LogP contribution is -2.36. The van der Waals surface area contributed by atoms with Crippen LogP contribution < -0.4 is 10.5 Å². The molecule has 5 heteroatoms. The minimum absolute atomic E-state index is 0. The number of rotatable bonds is 5. The van der Waals surface area contributed by atoms with E-state index < -0.39 is 0 Å². The molecule has 0 radical (unpaired) electrons. The van der Waals surface area contributed by atoms with Gasteiger partial charge in [0.05, 0.1) is 13.2 Å². The molecule has 0 fully saturated rings. The van der Waals surface area contributed by atoms with Crippen molar-refractivity contribution in [3.05, 3.63) is 29.8 Å². The molecule has 0 heterocycles. The van der Waals surface area contributed by atoms with Crippen LogP contribution in [-0.4, -0.2) is 31.5 Å². The quantitative estimate of drug-likeness (QED) is 0.903. The zero-order valence-corrected chi connectivity index (χ0v) is 12.7. The Hall–Kier alpha value is -1.26. The molecule has 0 aromatic heterocycles. The second-order valence-electron chi connectivity index (χ2n) is 4.54. The van der Waals surface area contributed by atoms with E-state index in [1.807, 2.05) is 45.2 Å². The van der Waals surface area contributed by atoms with Crippen molar-refractivity contribution in [3.8, 4) is 5.75 Å². The molecule has 108 valence electrons. The molecule has 0 saturated heterocycles. The average Bonchev–Trinajstić information content (AvgIpc) is 2.44. The molecule has 19 heavy (non-hydrogen) atoms. The first-order valence-electron chi connectivity index (χ1n) is 6.12. The SMILES string of the molecule is COc1ccc(C(C)N(C)C(=O)C(C)CN)cc1.Cl. The van der Waals surface area contributed by atoms with Crippen molar-refractivity contribution >= 4 is 18.3 Å². The molecule has 1 aromatic carbocycles. The van der Waals surface area contributed by atoms with Crippen LogP contribution in [0, 0.1) is 5.92 Å². The van der Waals surface area contributed by atoms with E-state index in [2.05, 4.69) is 0 Å². The number of ether oxygens (including phenoxy) is 1. The van der Waals surface area contributed by atoms with Gasteiger partial charge in [-0.2, -0.15) is 0 Å². The van der Waals surface area contributed by atoms with Crippen LogP contribution in [0.1, 0.15) is 25.5 Å². The molecule has 1 amide bonds. The zero-order valence-electron chi connectivity index (χ0n) is 11.9. The summed E-state index contributed by atoms with van der Waals surface area (Å²) in [4.78, 5) is 13.8. The molecule has 0 bridgehead atoms. The van der Waals surface area contributed by atoms with Gasteiger partial charge in [-0.15, -0.1) is 12.4 Å². The van der Waals surface area contributed by atoms with E-state index >= 15 is 0 Å². The van der Waals surface area contributed by atoms with E-state index in [1.165, 1.54) is 0 Å². The highest BCUT2D eigenvalue weighted by Crippen LogP contribution is 2.22. The molecule has 0 aliphatic carbocycles. The fourth-order valence-electron chi connectivity index (χ4n) is 1.75. The van der Waals surface area contributed by atoms with Crippen molar-refractivity contribution in [2.24, 2.45) is 11.7 Å². The number of hydrogen-bond donors (Lipinski definition) is 1. The van der Waals surface area contributed by atoms with Gasteiger partial charge in [-0.1, -0.05) is 19.1 Å². The topological polar surface area (TPSA) is 55.6 Å². The molecule has 0 aliphatic rings. The summed E-state index contributed by atoms with van der Waals surface area (Å²) in [6, 6.07) is 7.77. The Bertz CT molecular complexity index is 395. The maximum Gasteiger partial charge on any atom is 0.226 e. The van der Waals surface area contributed by atoms with Crippen LogP contribution in [0.5, 0.6) is 5.75 Å². The third-order valence-corrected chi connectivity index (χ3v) is 3.30. The summed E-state index contributed by atoms with van der Waals surface area (Å²) in [6.45, 7) is 4.22. The van der Waals surface area contributed by atoms with Crippen LogP contribution in [0.4, 0.5) is 0 Å². The van der Waals surface area contributed by atoms with Crippen LogP contribution in [0.3, 0.4) is 0 Å². The van der Waals surface area contributed by atoms with Gasteiger partial charge in [-0.05, 0) is 24.6 Å². The number of halogens is 1. The monoisotopic (exact) mass is 286 g/mol. The van der Waals surface area contributed by atoms with E-state index in [4.69, 9.17) is 10.5 Å². The van der Waals surface area contributed by atoms with Crippen molar-refractivity contribution in [2.75, 3.05) is 20.7 Å². The van der Waals surface area contributed by atoms with Gasteiger partial charge < -0.3 is 15.4 Å². The van der Waals surface area contributed by atoms with Gasteiger partial charge in [0.1, 0.15) is 5.75 Å². The summed E-state index contributed by atoms with van der Waals surface area (Å²) < 4.78 is 5.12. The number of benzene rings is 1. The van der Waals surface area contributed by atoms with Crippen LogP contribution in [-0.2, 0) is 4.79 Å². The molecule has 0 saturated carbocycles. The van der Waals surface area contributed by atoms with Gasteiger partial charge in [-0.25, -0.2) is 0 Å². The van der Waals surface area contributed by atoms with E-state index in [0.717, 1.165) is 11.3 Å². The normalized spacial score (nSPS) is 13.1. The van der Waals surface area contributed by atoms with Gasteiger partial charge >= 0.3 is 0 Å². The third kappa shape index (κ3) is 4.40. The van der Waals surface area contributed by atoms with Crippen molar-refractivity contribution in [2.45, 2.75) is 19.9 Å². The summed E-state index contributed by atoms with van der Waals surface area (Å²) in [6.07, 6.45) is 0. The number of carbonyl (C=O) groups is 1. The van der Waals surface area contributed by atoms with E-state index in [0.29, 0.717) is 6.54 Å².